The molecule has 4 heteroatoms. The Labute approximate surface area is 142 Å². The number of aliphatic hydroxyl groups excluding tert-OH is 1. The zero-order valence-corrected chi connectivity index (χ0v) is 14.9. The van der Waals surface area contributed by atoms with Crippen LogP contribution in [0, 0.1) is 5.92 Å². The first-order valence-corrected chi connectivity index (χ1v) is 9.86. The molecule has 1 amide bonds. The van der Waals surface area contributed by atoms with Crippen molar-refractivity contribution in [2.45, 2.75) is 89.7 Å². The number of hydrogen-bond acceptors (Lipinski definition) is 3. The van der Waals surface area contributed by atoms with Crippen LogP contribution >= 0.6 is 0 Å². The molecule has 0 radical (unpaired) electrons. The van der Waals surface area contributed by atoms with E-state index in [9.17, 15) is 9.90 Å². The summed E-state index contributed by atoms with van der Waals surface area (Å²) in [5, 5.41) is 13.5. The Morgan fingerprint density at radius 2 is 1.83 bits per heavy atom. The van der Waals surface area contributed by atoms with Crippen molar-refractivity contribution in [1.82, 2.24) is 10.2 Å². The monoisotopic (exact) mass is 324 g/mol. The number of nitrogens with zero attached hydrogens (tertiary/aromatic N) is 1. The molecule has 2 aliphatic rings. The van der Waals surface area contributed by atoms with E-state index < -0.39 is 0 Å². The Bertz CT molecular complexity index is 340. The van der Waals surface area contributed by atoms with E-state index in [0.29, 0.717) is 18.2 Å². The summed E-state index contributed by atoms with van der Waals surface area (Å²) < 4.78 is 0. The molecule has 1 heterocycles. The average molecular weight is 325 g/mol. The lowest BCUT2D eigenvalue weighted by atomic mass is 9.83. The molecule has 0 aromatic rings. The van der Waals surface area contributed by atoms with Crippen molar-refractivity contribution in [2.24, 2.45) is 5.92 Å². The van der Waals surface area contributed by atoms with E-state index in [1.165, 1.54) is 32.1 Å². The molecule has 0 bridgehead atoms. The Kier molecular flexibility index (Phi) is 8.38. The lowest BCUT2D eigenvalue weighted by molar-refractivity contribution is -0.131. The molecule has 0 aromatic heterocycles. The van der Waals surface area contributed by atoms with E-state index >= 15 is 0 Å². The number of carbonyl (C=O) groups excluding carboxylic acids is 1. The minimum Gasteiger partial charge on any atom is -0.393 e. The molecule has 3 unspecified atom stereocenters. The van der Waals surface area contributed by atoms with E-state index in [1.54, 1.807) is 0 Å². The minimum absolute atomic E-state index is 0.0780. The van der Waals surface area contributed by atoms with Crippen LogP contribution in [0.3, 0.4) is 0 Å². The quantitative estimate of drug-likeness (QED) is 0.708. The van der Waals surface area contributed by atoms with Crippen LogP contribution in [0.1, 0.15) is 77.6 Å². The van der Waals surface area contributed by atoms with Crippen molar-refractivity contribution in [3.05, 3.63) is 0 Å². The van der Waals surface area contributed by atoms with Crippen LogP contribution in [0.2, 0.25) is 0 Å². The zero-order valence-electron chi connectivity index (χ0n) is 14.9. The molecule has 1 aliphatic carbocycles. The summed E-state index contributed by atoms with van der Waals surface area (Å²) in [6.07, 6.45) is 12.2. The Hall–Kier alpha value is -0.610. The first kappa shape index (κ1) is 18.7. The average Bonchev–Trinajstić information content (AvgIpc) is 2.82. The number of aliphatic hydroxyl groups is 1. The normalized spacial score (nSPS) is 27.5. The van der Waals surface area contributed by atoms with Gasteiger partial charge in [0.1, 0.15) is 0 Å². The third-order valence-electron chi connectivity index (χ3n) is 5.55. The van der Waals surface area contributed by atoms with E-state index in [-0.39, 0.29) is 12.1 Å². The Morgan fingerprint density at radius 1 is 1.13 bits per heavy atom. The maximum Gasteiger partial charge on any atom is 0.224 e. The number of amides is 1. The van der Waals surface area contributed by atoms with E-state index in [1.807, 2.05) is 0 Å². The number of rotatable bonds is 7. The second-order valence-electron chi connectivity index (χ2n) is 7.61. The molecular formula is C19H36N2O2. The molecule has 1 saturated heterocycles. The van der Waals surface area contributed by atoms with E-state index in [0.717, 1.165) is 51.7 Å². The first-order chi connectivity index (χ1) is 11.2. The fourth-order valence-corrected chi connectivity index (χ4v) is 4.02. The van der Waals surface area contributed by atoms with Gasteiger partial charge in [0.25, 0.3) is 0 Å². The van der Waals surface area contributed by atoms with Gasteiger partial charge in [-0.05, 0) is 57.9 Å². The summed E-state index contributed by atoms with van der Waals surface area (Å²) in [7, 11) is 0. The summed E-state index contributed by atoms with van der Waals surface area (Å²) in [4.78, 5) is 14.4. The smallest absolute Gasteiger partial charge is 0.224 e. The molecule has 134 valence electrons. The largest absolute Gasteiger partial charge is 0.393 e. The third-order valence-corrected chi connectivity index (χ3v) is 5.55. The highest BCUT2D eigenvalue weighted by Gasteiger charge is 2.22. The molecule has 1 aliphatic heterocycles. The van der Waals surface area contributed by atoms with Crippen molar-refractivity contribution in [3.8, 4) is 0 Å². The van der Waals surface area contributed by atoms with E-state index in [2.05, 4.69) is 17.1 Å². The maximum absolute atomic E-state index is 12.3. The van der Waals surface area contributed by atoms with Crippen LogP contribution in [-0.2, 0) is 4.79 Å². The standard InChI is InChI=1S/C19H36N2O2/c1-16(15-19(23)21-13-6-2-3-7-14-21)20-12-8-10-17-9-4-5-11-18(17)22/h16-18,20,22H,2-15H2,1H3. The zero-order chi connectivity index (χ0) is 16.5. The van der Waals surface area contributed by atoms with Gasteiger partial charge in [-0.25, -0.2) is 0 Å². The lowest BCUT2D eigenvalue weighted by Gasteiger charge is -2.27. The second kappa shape index (κ2) is 10.3. The topological polar surface area (TPSA) is 52.6 Å². The fraction of sp³-hybridized carbons (Fsp3) is 0.947. The van der Waals surface area contributed by atoms with Crippen LogP contribution in [-0.4, -0.2) is 47.7 Å². The second-order valence-corrected chi connectivity index (χ2v) is 7.61. The van der Waals surface area contributed by atoms with Crippen molar-refractivity contribution < 1.29 is 9.90 Å². The molecule has 1 saturated carbocycles. The van der Waals surface area contributed by atoms with Gasteiger partial charge in [-0.1, -0.05) is 25.7 Å². The highest BCUT2D eigenvalue weighted by atomic mass is 16.3. The van der Waals surface area contributed by atoms with Gasteiger partial charge in [-0.15, -0.1) is 0 Å². The maximum atomic E-state index is 12.3. The molecule has 3 atom stereocenters. The number of likely N-dealkylation sites (tertiary alicyclic amines) is 1. The van der Waals surface area contributed by atoms with Gasteiger partial charge in [0, 0.05) is 25.6 Å². The van der Waals surface area contributed by atoms with Crippen molar-refractivity contribution >= 4 is 5.91 Å². The van der Waals surface area contributed by atoms with Gasteiger partial charge in [-0.3, -0.25) is 4.79 Å². The predicted octanol–water partition coefficient (Wildman–Crippen LogP) is 3.09. The molecule has 0 aromatic carbocycles. The molecule has 2 fully saturated rings. The number of hydrogen-bond donors (Lipinski definition) is 2. The highest BCUT2D eigenvalue weighted by Crippen LogP contribution is 2.27. The molecule has 2 N–H and O–H groups in total. The third kappa shape index (κ3) is 6.80. The van der Waals surface area contributed by atoms with Crippen molar-refractivity contribution in [1.29, 1.82) is 0 Å². The lowest BCUT2D eigenvalue weighted by Crippen LogP contribution is -2.38. The van der Waals surface area contributed by atoms with Crippen molar-refractivity contribution in [3.63, 3.8) is 0 Å². The van der Waals surface area contributed by atoms with Gasteiger partial charge in [-0.2, -0.15) is 0 Å². The minimum atomic E-state index is -0.0780. The van der Waals surface area contributed by atoms with Crippen LogP contribution in [0.5, 0.6) is 0 Å². The Balaban J connectivity index is 1.57. The van der Waals surface area contributed by atoms with Gasteiger partial charge < -0.3 is 15.3 Å². The van der Waals surface area contributed by atoms with Crippen molar-refractivity contribution in [2.75, 3.05) is 19.6 Å². The number of nitrogens with one attached hydrogen (secondary N) is 1. The molecular weight excluding hydrogens is 288 g/mol. The van der Waals surface area contributed by atoms with Gasteiger partial charge in [0.15, 0.2) is 0 Å². The van der Waals surface area contributed by atoms with Crippen LogP contribution in [0.25, 0.3) is 0 Å². The highest BCUT2D eigenvalue weighted by molar-refractivity contribution is 5.76. The summed E-state index contributed by atoms with van der Waals surface area (Å²) >= 11 is 0. The van der Waals surface area contributed by atoms with Gasteiger partial charge in [0.05, 0.1) is 6.10 Å². The summed E-state index contributed by atoms with van der Waals surface area (Å²) in [6, 6.07) is 0.252. The summed E-state index contributed by atoms with van der Waals surface area (Å²) in [5.41, 5.74) is 0. The fourth-order valence-electron chi connectivity index (χ4n) is 4.02. The Morgan fingerprint density at radius 3 is 2.52 bits per heavy atom. The SMILES string of the molecule is CC(CC(=O)N1CCCCCC1)NCCCC1CCCCC1O. The number of carbonyl (C=O) groups is 1. The summed E-state index contributed by atoms with van der Waals surface area (Å²) in [5.74, 6) is 0.814. The molecule has 2 rings (SSSR count). The van der Waals surface area contributed by atoms with Crippen LogP contribution in [0.4, 0.5) is 0 Å². The van der Waals surface area contributed by atoms with Gasteiger partial charge >= 0.3 is 0 Å². The van der Waals surface area contributed by atoms with E-state index in [4.69, 9.17) is 0 Å². The van der Waals surface area contributed by atoms with Crippen LogP contribution < -0.4 is 5.32 Å². The predicted molar refractivity (Wildman–Crippen MR) is 94.3 cm³/mol. The summed E-state index contributed by atoms with van der Waals surface area (Å²) in [6.45, 7) is 4.97. The molecule has 4 nitrogen and oxygen atoms in total. The van der Waals surface area contributed by atoms with Gasteiger partial charge in [0.2, 0.25) is 5.91 Å². The molecule has 0 spiro atoms. The van der Waals surface area contributed by atoms with Crippen LogP contribution in [0.15, 0.2) is 0 Å². The molecule has 23 heavy (non-hydrogen) atoms. The first-order valence-electron chi connectivity index (χ1n) is 9.86.